The Labute approximate surface area is 41.9 Å². The molecule has 0 saturated carbocycles. The van der Waals surface area contributed by atoms with Crippen molar-refractivity contribution in [2.75, 3.05) is 7.11 Å². The van der Waals surface area contributed by atoms with Crippen LogP contribution in [0, 0.1) is 0 Å². The molecule has 4 heavy (non-hydrogen) atoms. The molecule has 0 spiro atoms. The van der Waals surface area contributed by atoms with Crippen molar-refractivity contribution >= 4 is 0 Å². The molecular formula is C2H8OTi. The molecule has 0 amide bonds. The monoisotopic (exact) mass is 96.0 g/mol. The van der Waals surface area contributed by atoms with E-state index in [2.05, 4.69) is 0 Å². The van der Waals surface area contributed by atoms with Gasteiger partial charge >= 0.3 is 0 Å². The zero-order chi connectivity index (χ0) is 2.00. The first-order valence-corrected chi connectivity index (χ1v) is 0.447. The molecular weight excluding hydrogens is 87.9 g/mol. The van der Waals surface area contributed by atoms with Crippen molar-refractivity contribution in [3.05, 3.63) is 0 Å². The van der Waals surface area contributed by atoms with Gasteiger partial charge in [0.1, 0.15) is 0 Å². The van der Waals surface area contributed by atoms with E-state index in [1.165, 1.54) is 0 Å². The fourth-order valence-corrected chi connectivity index (χ4v) is 0. The average Bonchev–Trinajstić information content (AvgIpc) is 1.00. The van der Waals surface area contributed by atoms with Gasteiger partial charge < -0.3 is 5.11 Å². The van der Waals surface area contributed by atoms with Gasteiger partial charge in [-0.1, -0.05) is 7.43 Å². The molecule has 0 aromatic heterocycles. The second-order valence-electron chi connectivity index (χ2n) is 0. The molecule has 0 aliphatic heterocycles. The van der Waals surface area contributed by atoms with Gasteiger partial charge in [0.05, 0.1) is 0 Å². The first-order valence-electron chi connectivity index (χ1n) is 0.447. The number of hydrogen-bond acceptors (Lipinski definition) is 1. The summed E-state index contributed by atoms with van der Waals surface area (Å²) in [5, 5.41) is 7.00. The second-order valence-corrected chi connectivity index (χ2v) is 0. The zero-order valence-electron chi connectivity index (χ0n) is 1.95. The van der Waals surface area contributed by atoms with Crippen molar-refractivity contribution in [1.82, 2.24) is 0 Å². The number of hydrogen-bond donors (Lipinski definition) is 1. The van der Waals surface area contributed by atoms with Crippen LogP contribution in [-0.2, 0) is 21.7 Å². The first kappa shape index (κ1) is 22.5. The van der Waals surface area contributed by atoms with Crippen LogP contribution in [0.25, 0.3) is 0 Å². The average molecular weight is 96.0 g/mol. The molecule has 0 aliphatic rings. The van der Waals surface area contributed by atoms with Gasteiger partial charge in [-0.05, 0) is 0 Å². The van der Waals surface area contributed by atoms with Gasteiger partial charge in [0.25, 0.3) is 0 Å². The van der Waals surface area contributed by atoms with Gasteiger partial charge in [-0.2, -0.15) is 0 Å². The summed E-state index contributed by atoms with van der Waals surface area (Å²) < 4.78 is 0. The summed E-state index contributed by atoms with van der Waals surface area (Å²) in [6.07, 6.45) is 0. The number of aliphatic hydroxyl groups is 1. The molecule has 0 aliphatic carbocycles. The fraction of sp³-hybridized carbons (Fsp3) is 1.00. The Morgan fingerprint density at radius 1 is 1.25 bits per heavy atom. The van der Waals surface area contributed by atoms with E-state index in [1.807, 2.05) is 0 Å². The van der Waals surface area contributed by atoms with E-state index in [4.69, 9.17) is 5.11 Å². The van der Waals surface area contributed by atoms with Crippen LogP contribution in [0.4, 0.5) is 0 Å². The minimum atomic E-state index is 0. The fourth-order valence-electron chi connectivity index (χ4n) is 0. The van der Waals surface area contributed by atoms with Gasteiger partial charge in [0.15, 0.2) is 0 Å². The SMILES string of the molecule is C.CO.[Ti]. The van der Waals surface area contributed by atoms with E-state index in [9.17, 15) is 0 Å². The van der Waals surface area contributed by atoms with Crippen molar-refractivity contribution < 1.29 is 26.8 Å². The Hall–Kier alpha value is 0.674. The maximum absolute atomic E-state index is 7.00. The molecule has 0 rings (SSSR count). The summed E-state index contributed by atoms with van der Waals surface area (Å²) in [6, 6.07) is 0. The van der Waals surface area contributed by atoms with E-state index in [0.717, 1.165) is 7.11 Å². The molecule has 0 atom stereocenters. The Balaban J connectivity index is -0.00000000500. The predicted molar refractivity (Wildman–Crippen MR) is 14.9 cm³/mol. The van der Waals surface area contributed by atoms with E-state index in [-0.39, 0.29) is 29.1 Å². The van der Waals surface area contributed by atoms with Gasteiger partial charge in [0.2, 0.25) is 0 Å². The normalized spacial score (nSPS) is 1.50. The Morgan fingerprint density at radius 3 is 1.25 bits per heavy atom. The van der Waals surface area contributed by atoms with Gasteiger partial charge in [-0.25, -0.2) is 0 Å². The second kappa shape index (κ2) is 57.8. The molecule has 1 N–H and O–H groups in total. The molecule has 1 nitrogen and oxygen atoms in total. The van der Waals surface area contributed by atoms with E-state index in [0.29, 0.717) is 0 Å². The molecule has 2 heteroatoms. The smallest absolute Gasteiger partial charge is 0.0319 e. The Bertz CT molecular complexity index is 6.00. The van der Waals surface area contributed by atoms with Crippen molar-refractivity contribution in [2.45, 2.75) is 7.43 Å². The topological polar surface area (TPSA) is 20.2 Å². The minimum absolute atomic E-state index is 0. The van der Waals surface area contributed by atoms with Crippen LogP contribution in [0.5, 0.6) is 0 Å². The third-order valence-electron chi connectivity index (χ3n) is 0. The molecule has 0 aromatic rings. The Morgan fingerprint density at radius 2 is 1.25 bits per heavy atom. The van der Waals surface area contributed by atoms with Crippen LogP contribution >= 0.6 is 0 Å². The quantitative estimate of drug-likeness (QED) is 0.428. The summed E-state index contributed by atoms with van der Waals surface area (Å²) in [7, 11) is 1.00. The van der Waals surface area contributed by atoms with Crippen molar-refractivity contribution in [3.63, 3.8) is 0 Å². The third-order valence-corrected chi connectivity index (χ3v) is 0. The summed E-state index contributed by atoms with van der Waals surface area (Å²) >= 11 is 0. The third kappa shape index (κ3) is 16.5. The minimum Gasteiger partial charge on any atom is -0.400 e. The van der Waals surface area contributed by atoms with E-state index in [1.54, 1.807) is 0 Å². The summed E-state index contributed by atoms with van der Waals surface area (Å²) in [5.74, 6) is 0. The van der Waals surface area contributed by atoms with Crippen LogP contribution in [0.15, 0.2) is 0 Å². The predicted octanol–water partition coefficient (Wildman–Crippen LogP) is 0.242. The molecule has 0 bridgehead atoms. The standard InChI is InChI=1S/CH4O.CH4.Ti/c1-2;;/h2H,1H3;1H4;. The van der Waals surface area contributed by atoms with Gasteiger partial charge in [-0.15, -0.1) is 0 Å². The van der Waals surface area contributed by atoms with Crippen molar-refractivity contribution in [1.29, 1.82) is 0 Å². The van der Waals surface area contributed by atoms with Gasteiger partial charge in [-0.3, -0.25) is 0 Å². The summed E-state index contributed by atoms with van der Waals surface area (Å²) in [6.45, 7) is 0. The molecule has 26 valence electrons. The maximum atomic E-state index is 7.00. The van der Waals surface area contributed by atoms with Crippen LogP contribution < -0.4 is 0 Å². The molecule has 0 fully saturated rings. The largest absolute Gasteiger partial charge is 0.400 e. The number of aliphatic hydroxyl groups excluding tert-OH is 1. The van der Waals surface area contributed by atoms with E-state index >= 15 is 0 Å². The maximum Gasteiger partial charge on any atom is 0.0319 e. The molecule has 0 heterocycles. The van der Waals surface area contributed by atoms with Gasteiger partial charge in [0, 0.05) is 28.8 Å². The van der Waals surface area contributed by atoms with Crippen molar-refractivity contribution in [3.8, 4) is 0 Å². The summed E-state index contributed by atoms with van der Waals surface area (Å²) in [4.78, 5) is 0. The summed E-state index contributed by atoms with van der Waals surface area (Å²) in [5.41, 5.74) is 0. The van der Waals surface area contributed by atoms with Crippen LogP contribution in [0.1, 0.15) is 7.43 Å². The molecule has 0 unspecified atom stereocenters. The Kier molecular flexibility index (Phi) is 325. The van der Waals surface area contributed by atoms with E-state index < -0.39 is 0 Å². The molecule has 0 aromatic carbocycles. The van der Waals surface area contributed by atoms with Crippen LogP contribution in [-0.4, -0.2) is 12.2 Å². The molecule has 0 radical (unpaired) electrons. The number of rotatable bonds is 0. The molecule has 0 saturated heterocycles. The first-order chi connectivity index (χ1) is 1.00. The van der Waals surface area contributed by atoms with Crippen molar-refractivity contribution in [2.24, 2.45) is 0 Å². The van der Waals surface area contributed by atoms with Crippen LogP contribution in [0.2, 0.25) is 0 Å². The van der Waals surface area contributed by atoms with Crippen LogP contribution in [0.3, 0.4) is 0 Å². The zero-order valence-corrected chi connectivity index (χ0v) is 3.51.